The Morgan fingerprint density at radius 3 is 2.17 bits per heavy atom. The van der Waals surface area contributed by atoms with Crippen molar-refractivity contribution in [2.75, 3.05) is 78.0 Å². The summed E-state index contributed by atoms with van der Waals surface area (Å²) in [4.78, 5) is 34.6. The van der Waals surface area contributed by atoms with Crippen molar-refractivity contribution >= 4 is 17.6 Å². The second-order valence-corrected chi connectivity index (χ2v) is 10.2. The van der Waals surface area contributed by atoms with Crippen LogP contribution in [0.5, 0.6) is 11.5 Å². The maximum atomic E-state index is 13.3. The van der Waals surface area contributed by atoms with Crippen LogP contribution >= 0.6 is 0 Å². The molecule has 1 aromatic heterocycles. The zero-order valence-corrected chi connectivity index (χ0v) is 25.2. The van der Waals surface area contributed by atoms with Crippen LogP contribution in [0.25, 0.3) is 11.3 Å². The van der Waals surface area contributed by atoms with Crippen molar-refractivity contribution in [1.29, 1.82) is 0 Å². The highest BCUT2D eigenvalue weighted by molar-refractivity contribution is 5.86. The lowest BCUT2D eigenvalue weighted by atomic mass is 10.1. The molecule has 1 fully saturated rings. The molecule has 42 heavy (non-hydrogen) atoms. The Morgan fingerprint density at radius 2 is 1.55 bits per heavy atom. The zero-order valence-electron chi connectivity index (χ0n) is 25.2. The van der Waals surface area contributed by atoms with Crippen LogP contribution in [-0.4, -0.2) is 110 Å². The number of nitrogens with zero attached hydrogens (tertiary/aromatic N) is 6. The SMILES string of the molecule is CCN(CC)CCN(CC(=O)N1CCN(c2ccc(-c3ccc(OC)c(OC)c3)nn2)CC1)C(=O)Cc1ccccc1. The molecule has 0 unspecified atom stereocenters. The fraction of sp³-hybridized carbons (Fsp3) is 0.438. The number of hydrogen-bond acceptors (Lipinski definition) is 8. The highest BCUT2D eigenvalue weighted by Crippen LogP contribution is 2.31. The largest absolute Gasteiger partial charge is 0.493 e. The molecule has 2 amide bonds. The molecule has 1 aliphatic rings. The van der Waals surface area contributed by atoms with E-state index in [2.05, 4.69) is 33.8 Å². The second kappa shape index (κ2) is 15.2. The van der Waals surface area contributed by atoms with Crippen LogP contribution in [0.3, 0.4) is 0 Å². The van der Waals surface area contributed by atoms with Gasteiger partial charge in [-0.15, -0.1) is 10.2 Å². The van der Waals surface area contributed by atoms with E-state index in [9.17, 15) is 9.59 Å². The third-order valence-electron chi connectivity index (χ3n) is 7.74. The molecule has 10 heteroatoms. The van der Waals surface area contributed by atoms with Crippen molar-refractivity contribution in [3.8, 4) is 22.8 Å². The fourth-order valence-electron chi connectivity index (χ4n) is 5.07. The summed E-state index contributed by atoms with van der Waals surface area (Å²) in [5, 5.41) is 8.89. The Balaban J connectivity index is 1.34. The molecule has 0 N–H and O–H groups in total. The lowest BCUT2D eigenvalue weighted by molar-refractivity contribution is -0.140. The highest BCUT2D eigenvalue weighted by Gasteiger charge is 2.26. The van der Waals surface area contributed by atoms with Gasteiger partial charge in [-0.1, -0.05) is 44.2 Å². The lowest BCUT2D eigenvalue weighted by Gasteiger charge is -2.36. The molecule has 0 bridgehead atoms. The van der Waals surface area contributed by atoms with E-state index in [1.807, 2.05) is 65.6 Å². The Morgan fingerprint density at radius 1 is 0.833 bits per heavy atom. The van der Waals surface area contributed by atoms with Crippen LogP contribution in [-0.2, 0) is 16.0 Å². The third-order valence-corrected chi connectivity index (χ3v) is 7.74. The average Bonchev–Trinajstić information content (AvgIpc) is 3.04. The molecule has 10 nitrogen and oxygen atoms in total. The normalized spacial score (nSPS) is 13.3. The number of piperazine rings is 1. The molecule has 1 aliphatic heterocycles. The number of hydrogen-bond donors (Lipinski definition) is 0. The lowest BCUT2D eigenvalue weighted by Crippen LogP contribution is -2.52. The second-order valence-electron chi connectivity index (χ2n) is 10.2. The first-order valence-electron chi connectivity index (χ1n) is 14.6. The summed E-state index contributed by atoms with van der Waals surface area (Å²) in [5.74, 6) is 2.02. The van der Waals surface area contributed by atoms with E-state index in [4.69, 9.17) is 9.47 Å². The van der Waals surface area contributed by atoms with Crippen LogP contribution in [0, 0.1) is 0 Å². The molecule has 1 saturated heterocycles. The maximum absolute atomic E-state index is 13.3. The van der Waals surface area contributed by atoms with Gasteiger partial charge in [-0.3, -0.25) is 9.59 Å². The molecular formula is C32H42N6O4. The van der Waals surface area contributed by atoms with Crippen LogP contribution in [0.1, 0.15) is 19.4 Å². The molecule has 0 saturated carbocycles. The number of likely N-dealkylation sites (N-methyl/N-ethyl adjacent to an activating group) is 1. The van der Waals surface area contributed by atoms with E-state index in [1.165, 1.54) is 0 Å². The number of amides is 2. The zero-order chi connectivity index (χ0) is 29.9. The van der Waals surface area contributed by atoms with Gasteiger partial charge in [0, 0.05) is 44.8 Å². The minimum absolute atomic E-state index is 0.0227. The molecule has 0 aliphatic carbocycles. The first kappa shape index (κ1) is 30.8. The molecule has 4 rings (SSSR count). The number of carbonyl (C=O) groups is 2. The van der Waals surface area contributed by atoms with Crippen LogP contribution in [0.4, 0.5) is 5.82 Å². The fourth-order valence-corrected chi connectivity index (χ4v) is 5.07. The summed E-state index contributed by atoms with van der Waals surface area (Å²) in [5.41, 5.74) is 2.57. The molecular weight excluding hydrogens is 532 g/mol. The van der Waals surface area contributed by atoms with Gasteiger partial charge >= 0.3 is 0 Å². The van der Waals surface area contributed by atoms with Gasteiger partial charge in [0.15, 0.2) is 17.3 Å². The monoisotopic (exact) mass is 574 g/mol. The van der Waals surface area contributed by atoms with E-state index in [1.54, 1.807) is 19.1 Å². The highest BCUT2D eigenvalue weighted by atomic mass is 16.5. The van der Waals surface area contributed by atoms with Gasteiger partial charge in [0.1, 0.15) is 0 Å². The van der Waals surface area contributed by atoms with E-state index in [0.29, 0.717) is 44.2 Å². The van der Waals surface area contributed by atoms with Gasteiger partial charge in [0.25, 0.3) is 0 Å². The summed E-state index contributed by atoms with van der Waals surface area (Å²) < 4.78 is 10.7. The van der Waals surface area contributed by atoms with Gasteiger partial charge in [-0.2, -0.15) is 0 Å². The summed E-state index contributed by atoms with van der Waals surface area (Å²) in [6.07, 6.45) is 0.290. The van der Waals surface area contributed by atoms with Crippen molar-refractivity contribution < 1.29 is 19.1 Å². The minimum atomic E-state index is -0.0230. The topological polar surface area (TPSA) is 91.3 Å². The predicted molar refractivity (Wildman–Crippen MR) is 164 cm³/mol. The average molecular weight is 575 g/mol. The van der Waals surface area contributed by atoms with Gasteiger partial charge in [-0.05, 0) is 49.0 Å². The van der Waals surface area contributed by atoms with Crippen molar-refractivity contribution in [3.63, 3.8) is 0 Å². The summed E-state index contributed by atoms with van der Waals surface area (Å²) in [6, 6.07) is 19.2. The Kier molecular flexibility index (Phi) is 11.1. The third kappa shape index (κ3) is 7.97. The van der Waals surface area contributed by atoms with Crippen LogP contribution in [0.15, 0.2) is 60.7 Å². The number of carbonyl (C=O) groups excluding carboxylic acids is 2. The smallest absolute Gasteiger partial charge is 0.242 e. The first-order valence-corrected chi connectivity index (χ1v) is 14.6. The Bertz CT molecular complexity index is 1290. The number of benzene rings is 2. The van der Waals surface area contributed by atoms with Gasteiger partial charge < -0.3 is 29.1 Å². The van der Waals surface area contributed by atoms with Crippen molar-refractivity contribution in [2.24, 2.45) is 0 Å². The standard InChI is InChI=1S/C32H42N6O4/c1-5-35(6-2)16-17-38(31(39)22-25-10-8-7-9-11-25)24-32(40)37-20-18-36(19-21-37)30-15-13-27(33-34-30)26-12-14-28(41-3)29(23-26)42-4/h7-15,23H,5-6,16-22,24H2,1-4H3. The first-order chi connectivity index (χ1) is 20.4. The minimum Gasteiger partial charge on any atom is -0.493 e. The van der Waals surface area contributed by atoms with E-state index < -0.39 is 0 Å². The molecule has 224 valence electrons. The van der Waals surface area contributed by atoms with Crippen molar-refractivity contribution in [2.45, 2.75) is 20.3 Å². The van der Waals surface area contributed by atoms with E-state index >= 15 is 0 Å². The van der Waals surface area contributed by atoms with E-state index in [-0.39, 0.29) is 24.8 Å². The Hall–Kier alpha value is -4.18. The number of rotatable bonds is 13. The van der Waals surface area contributed by atoms with Gasteiger partial charge in [0.2, 0.25) is 11.8 Å². The molecule has 3 aromatic rings. The number of ether oxygens (including phenoxy) is 2. The number of methoxy groups -OCH3 is 2. The number of aromatic nitrogens is 2. The Labute approximate surface area is 248 Å². The molecule has 0 radical (unpaired) electrons. The maximum Gasteiger partial charge on any atom is 0.242 e. The summed E-state index contributed by atoms with van der Waals surface area (Å²) in [6.45, 7) is 9.82. The van der Waals surface area contributed by atoms with Gasteiger partial charge in [0.05, 0.1) is 32.9 Å². The van der Waals surface area contributed by atoms with Crippen LogP contribution < -0.4 is 14.4 Å². The van der Waals surface area contributed by atoms with Crippen molar-refractivity contribution in [1.82, 2.24) is 24.9 Å². The van der Waals surface area contributed by atoms with Crippen LogP contribution in [0.2, 0.25) is 0 Å². The predicted octanol–water partition coefficient (Wildman–Crippen LogP) is 3.22. The molecule has 0 spiro atoms. The number of anilines is 1. The molecule has 2 heterocycles. The molecule has 2 aromatic carbocycles. The quantitative estimate of drug-likeness (QED) is 0.307. The van der Waals surface area contributed by atoms with Crippen molar-refractivity contribution in [3.05, 3.63) is 66.2 Å². The van der Waals surface area contributed by atoms with E-state index in [0.717, 1.165) is 42.3 Å². The summed E-state index contributed by atoms with van der Waals surface area (Å²) in [7, 11) is 3.21. The molecule has 0 atom stereocenters. The summed E-state index contributed by atoms with van der Waals surface area (Å²) >= 11 is 0. The van der Waals surface area contributed by atoms with Gasteiger partial charge in [-0.25, -0.2) is 0 Å².